The van der Waals surface area contributed by atoms with Gasteiger partial charge in [0, 0.05) is 6.20 Å². The van der Waals surface area contributed by atoms with Crippen molar-refractivity contribution in [3.05, 3.63) is 36.5 Å². The molecule has 0 aromatic heterocycles. The predicted molar refractivity (Wildman–Crippen MR) is 77.9 cm³/mol. The van der Waals surface area contributed by atoms with Crippen LogP contribution in [0.5, 0.6) is 5.75 Å². The van der Waals surface area contributed by atoms with Crippen LogP contribution in [0, 0.1) is 0 Å². The summed E-state index contributed by atoms with van der Waals surface area (Å²) in [7, 11) is 1.55. The second-order valence-electron chi connectivity index (χ2n) is 5.04. The van der Waals surface area contributed by atoms with Crippen molar-refractivity contribution >= 4 is 11.8 Å². The van der Waals surface area contributed by atoms with Crippen LogP contribution in [0.3, 0.4) is 0 Å². The largest absolute Gasteiger partial charge is 0.497 e. The summed E-state index contributed by atoms with van der Waals surface area (Å²) in [5.74, 6) is 0.653. The van der Waals surface area contributed by atoms with Crippen molar-refractivity contribution in [3.63, 3.8) is 0 Å². The Morgan fingerprint density at radius 1 is 1.40 bits per heavy atom. The molecular formula is C15H21NO4. The van der Waals surface area contributed by atoms with Crippen LogP contribution in [0.1, 0.15) is 22.1 Å². The van der Waals surface area contributed by atoms with Gasteiger partial charge in [-0.3, -0.25) is 4.90 Å². The van der Waals surface area contributed by atoms with Gasteiger partial charge in [-0.05, 0) is 51.1 Å². The van der Waals surface area contributed by atoms with Gasteiger partial charge < -0.3 is 14.6 Å². The van der Waals surface area contributed by atoms with E-state index in [2.05, 4.69) is 0 Å². The molecule has 0 unspecified atom stereocenters. The molecule has 1 rings (SSSR count). The van der Waals surface area contributed by atoms with E-state index in [1.54, 1.807) is 52.1 Å². The van der Waals surface area contributed by atoms with Crippen LogP contribution in [0.15, 0.2) is 36.5 Å². The lowest BCUT2D eigenvalue weighted by Crippen LogP contribution is -2.33. The zero-order valence-electron chi connectivity index (χ0n) is 13.2. The third-order valence-corrected chi connectivity index (χ3v) is 2.25. The van der Waals surface area contributed by atoms with Gasteiger partial charge in [-0.15, -0.1) is 0 Å². The molecule has 5 nitrogen and oxygen atoms in total. The Hall–Kier alpha value is -2.01. The van der Waals surface area contributed by atoms with E-state index in [1.165, 1.54) is 11.1 Å². The Kier molecular flexibility index (Phi) is 5.01. The maximum Gasteiger partial charge on any atom is 0.418 e. The number of carbonyl (C=O) groups is 1. The van der Waals surface area contributed by atoms with Crippen molar-refractivity contribution in [2.75, 3.05) is 18.6 Å². The molecule has 1 amide bonds. The van der Waals surface area contributed by atoms with Gasteiger partial charge in [0.25, 0.3) is 0 Å². The predicted octanol–water partition coefficient (Wildman–Crippen LogP) is 2.94. The topological polar surface area (TPSA) is 59.0 Å². The van der Waals surface area contributed by atoms with Crippen LogP contribution in [-0.4, -0.2) is 30.5 Å². The van der Waals surface area contributed by atoms with Crippen LogP contribution >= 0.6 is 0 Å². The first-order valence-corrected chi connectivity index (χ1v) is 6.21. The molecule has 0 heterocycles. The Morgan fingerprint density at radius 2 is 2.00 bits per heavy atom. The number of hydrogen-bond acceptors (Lipinski definition) is 4. The van der Waals surface area contributed by atoms with Crippen molar-refractivity contribution in [1.82, 2.24) is 0 Å². The Morgan fingerprint density at radius 3 is 2.45 bits per heavy atom. The first-order chi connectivity index (χ1) is 9.76. The summed E-state index contributed by atoms with van der Waals surface area (Å²) in [6.07, 6.45) is 0.612. The number of aliphatic hydroxyl groups excluding tert-OH is 1. The quantitative estimate of drug-likeness (QED) is 0.921. The van der Waals surface area contributed by atoms with Crippen molar-refractivity contribution in [1.29, 1.82) is 0 Å². The lowest BCUT2D eigenvalue weighted by molar-refractivity contribution is 0.0596. The van der Waals surface area contributed by atoms with Gasteiger partial charge in [-0.2, -0.15) is 0 Å². The van der Waals surface area contributed by atoms with Crippen LogP contribution < -0.4 is 9.64 Å². The SMILES string of the molecule is [2H]/C(=C\N(C(=O)OC(C)(C)C)c1ccc(OC)cc1)CO. The first-order valence-electron chi connectivity index (χ1n) is 6.71. The summed E-state index contributed by atoms with van der Waals surface area (Å²) in [5.41, 5.74) is -0.139. The third kappa shape index (κ3) is 4.93. The highest BCUT2D eigenvalue weighted by Crippen LogP contribution is 2.22. The van der Waals surface area contributed by atoms with Crippen molar-refractivity contribution in [2.24, 2.45) is 0 Å². The number of carbonyl (C=O) groups excluding carboxylic acids is 1. The molecule has 0 atom stereocenters. The van der Waals surface area contributed by atoms with Gasteiger partial charge in [0.2, 0.25) is 0 Å². The molecule has 0 fully saturated rings. The monoisotopic (exact) mass is 280 g/mol. The van der Waals surface area contributed by atoms with Crippen molar-refractivity contribution in [2.45, 2.75) is 26.4 Å². The molecule has 0 saturated carbocycles. The summed E-state index contributed by atoms with van der Waals surface area (Å²) in [6.45, 7) is 4.81. The van der Waals surface area contributed by atoms with Gasteiger partial charge >= 0.3 is 6.09 Å². The maximum absolute atomic E-state index is 12.2. The number of methoxy groups -OCH3 is 1. The molecule has 0 bridgehead atoms. The molecule has 1 N–H and O–H groups in total. The zero-order valence-corrected chi connectivity index (χ0v) is 12.2. The minimum Gasteiger partial charge on any atom is -0.497 e. The van der Waals surface area contributed by atoms with Gasteiger partial charge in [-0.25, -0.2) is 4.79 Å². The Bertz CT molecular complexity index is 505. The minimum atomic E-state index is -0.656. The fourth-order valence-electron chi connectivity index (χ4n) is 1.42. The highest BCUT2D eigenvalue weighted by atomic mass is 16.6. The summed E-state index contributed by atoms with van der Waals surface area (Å²) in [5, 5.41) is 8.97. The summed E-state index contributed by atoms with van der Waals surface area (Å²) in [6, 6.07) is 6.64. The van der Waals surface area contributed by atoms with E-state index >= 15 is 0 Å². The van der Waals surface area contributed by atoms with E-state index < -0.39 is 18.3 Å². The maximum atomic E-state index is 12.2. The van der Waals surface area contributed by atoms with E-state index in [0.29, 0.717) is 11.4 Å². The summed E-state index contributed by atoms with van der Waals surface area (Å²) >= 11 is 0. The highest BCUT2D eigenvalue weighted by Gasteiger charge is 2.21. The molecule has 20 heavy (non-hydrogen) atoms. The number of ether oxygens (including phenoxy) is 2. The molecule has 0 saturated heterocycles. The zero-order chi connectivity index (χ0) is 16.0. The van der Waals surface area contributed by atoms with Gasteiger partial charge in [0.1, 0.15) is 11.4 Å². The highest BCUT2D eigenvalue weighted by molar-refractivity contribution is 5.89. The fraction of sp³-hybridized carbons (Fsp3) is 0.400. The minimum absolute atomic E-state index is 0.100. The van der Waals surface area contributed by atoms with E-state index in [0.717, 1.165) is 0 Å². The normalized spacial score (nSPS) is 12.7. The lowest BCUT2D eigenvalue weighted by Gasteiger charge is -2.25. The number of aliphatic hydroxyl groups is 1. The number of nitrogens with zero attached hydrogens (tertiary/aromatic N) is 1. The number of hydrogen-bond donors (Lipinski definition) is 1. The van der Waals surface area contributed by atoms with Gasteiger partial charge in [0.05, 0.1) is 20.8 Å². The Labute approximate surface area is 120 Å². The molecule has 0 aliphatic heterocycles. The molecule has 5 heteroatoms. The van der Waals surface area contributed by atoms with E-state index in [4.69, 9.17) is 16.0 Å². The molecule has 1 aromatic carbocycles. The average molecular weight is 280 g/mol. The van der Waals surface area contributed by atoms with Crippen LogP contribution in [0.4, 0.5) is 10.5 Å². The second-order valence-corrected chi connectivity index (χ2v) is 5.04. The molecule has 0 spiro atoms. The van der Waals surface area contributed by atoms with Crippen molar-refractivity contribution < 1.29 is 20.7 Å². The second kappa shape index (κ2) is 6.96. The molecular weight excluding hydrogens is 258 g/mol. The number of rotatable bonds is 4. The third-order valence-electron chi connectivity index (χ3n) is 2.25. The number of anilines is 1. The molecule has 0 radical (unpaired) electrons. The summed E-state index contributed by atoms with van der Waals surface area (Å²) in [4.78, 5) is 13.4. The first kappa shape index (κ1) is 14.4. The molecule has 110 valence electrons. The van der Waals surface area contributed by atoms with E-state index in [-0.39, 0.29) is 6.05 Å². The van der Waals surface area contributed by atoms with Crippen LogP contribution in [0.25, 0.3) is 0 Å². The molecule has 0 aliphatic rings. The van der Waals surface area contributed by atoms with E-state index in [9.17, 15) is 4.79 Å². The van der Waals surface area contributed by atoms with Crippen LogP contribution in [0.2, 0.25) is 0 Å². The molecule has 0 aliphatic carbocycles. The number of amides is 1. The van der Waals surface area contributed by atoms with Gasteiger partial charge in [0.15, 0.2) is 0 Å². The summed E-state index contributed by atoms with van der Waals surface area (Å²) < 4.78 is 17.9. The standard InChI is InChI=1S/C15H21NO4/c1-15(2,3)20-14(18)16(10-5-11-17)12-6-8-13(19-4)9-7-12/h5-10,17H,11H2,1-4H3/b10-5+/i5D. The van der Waals surface area contributed by atoms with Crippen LogP contribution in [-0.2, 0) is 4.74 Å². The smallest absolute Gasteiger partial charge is 0.418 e. The van der Waals surface area contributed by atoms with E-state index in [1.807, 2.05) is 0 Å². The fourth-order valence-corrected chi connectivity index (χ4v) is 1.42. The molecule has 1 aromatic rings. The number of benzene rings is 1. The van der Waals surface area contributed by atoms with Gasteiger partial charge in [-0.1, -0.05) is 0 Å². The van der Waals surface area contributed by atoms with Crippen molar-refractivity contribution in [3.8, 4) is 5.75 Å². The Balaban J connectivity index is 3.09. The lowest BCUT2D eigenvalue weighted by atomic mass is 10.2. The average Bonchev–Trinajstić information content (AvgIpc) is 2.42.